The smallest absolute Gasteiger partial charge is 0.236 e. The number of hydrogen-bond acceptors (Lipinski definition) is 3. The van der Waals surface area contributed by atoms with Gasteiger partial charge in [-0.2, -0.15) is 0 Å². The van der Waals surface area contributed by atoms with E-state index in [1.165, 1.54) is 32.1 Å². The predicted octanol–water partition coefficient (Wildman–Crippen LogP) is 1.22. The molecule has 0 radical (unpaired) electrons. The quantitative estimate of drug-likeness (QED) is 0.390. The summed E-state index contributed by atoms with van der Waals surface area (Å²) in [5.74, 6) is 2.29. The third-order valence-corrected chi connectivity index (χ3v) is 5.23. The third-order valence-electron chi connectivity index (χ3n) is 5.23. The van der Waals surface area contributed by atoms with Crippen LogP contribution in [0, 0.1) is 5.92 Å². The lowest BCUT2D eigenvalue weighted by Gasteiger charge is -2.36. The van der Waals surface area contributed by atoms with Crippen LogP contribution in [-0.2, 0) is 4.79 Å². The van der Waals surface area contributed by atoms with E-state index in [4.69, 9.17) is 0 Å². The molecule has 6 nitrogen and oxygen atoms in total. The lowest BCUT2D eigenvalue weighted by Crippen LogP contribution is -2.54. The van der Waals surface area contributed by atoms with Crippen LogP contribution in [0.5, 0.6) is 0 Å². The van der Waals surface area contributed by atoms with Crippen molar-refractivity contribution >= 4 is 35.8 Å². The zero-order valence-electron chi connectivity index (χ0n) is 14.9. The van der Waals surface area contributed by atoms with Crippen molar-refractivity contribution in [3.8, 4) is 0 Å². The summed E-state index contributed by atoms with van der Waals surface area (Å²) in [5.41, 5.74) is 0. The van der Waals surface area contributed by atoms with Gasteiger partial charge in [0.15, 0.2) is 5.96 Å². The topological polar surface area (TPSA) is 51.2 Å². The van der Waals surface area contributed by atoms with E-state index in [2.05, 4.69) is 20.1 Å². The monoisotopic (exact) mass is 449 g/mol. The van der Waals surface area contributed by atoms with Crippen molar-refractivity contribution in [3.05, 3.63) is 0 Å². The summed E-state index contributed by atoms with van der Waals surface area (Å²) >= 11 is 0. The van der Waals surface area contributed by atoms with Gasteiger partial charge in [0.1, 0.15) is 0 Å². The summed E-state index contributed by atoms with van der Waals surface area (Å²) in [6.07, 6.45) is 6.42. The fraction of sp³-hybridized carbons (Fsp3) is 0.882. The molecule has 1 saturated carbocycles. The van der Waals surface area contributed by atoms with Crippen molar-refractivity contribution in [1.82, 2.24) is 20.0 Å². The van der Waals surface area contributed by atoms with Crippen LogP contribution in [0.15, 0.2) is 4.99 Å². The van der Waals surface area contributed by atoms with Crippen LogP contribution in [-0.4, -0.2) is 86.0 Å². The predicted molar refractivity (Wildman–Crippen MR) is 108 cm³/mol. The number of carbonyl (C=O) groups is 1. The van der Waals surface area contributed by atoms with Gasteiger partial charge in [0.2, 0.25) is 5.91 Å². The van der Waals surface area contributed by atoms with Gasteiger partial charge in [-0.05, 0) is 25.2 Å². The molecule has 2 saturated heterocycles. The highest BCUT2D eigenvalue weighted by Crippen LogP contribution is 2.31. The Hall–Kier alpha value is -0.570. The average Bonchev–Trinajstić information content (AvgIpc) is 3.22. The second kappa shape index (κ2) is 9.79. The van der Waals surface area contributed by atoms with Crippen LogP contribution in [0.2, 0.25) is 0 Å². The van der Waals surface area contributed by atoms with Crippen LogP contribution in [0.25, 0.3) is 0 Å². The Morgan fingerprint density at radius 1 is 1.04 bits per heavy atom. The first-order valence-corrected chi connectivity index (χ1v) is 9.22. The lowest BCUT2D eigenvalue weighted by molar-refractivity contribution is -0.131. The number of hydrogen-bond donors (Lipinski definition) is 1. The molecule has 0 spiro atoms. The second-order valence-corrected chi connectivity index (χ2v) is 7.06. The highest BCUT2D eigenvalue weighted by Gasteiger charge is 2.25. The van der Waals surface area contributed by atoms with E-state index in [0.717, 1.165) is 57.7 Å². The molecule has 1 N–H and O–H groups in total. The summed E-state index contributed by atoms with van der Waals surface area (Å²) in [5, 5.41) is 3.49. The number of carbonyl (C=O) groups excluding carboxylic acids is 1. The van der Waals surface area contributed by atoms with E-state index in [1.807, 2.05) is 11.9 Å². The van der Waals surface area contributed by atoms with E-state index >= 15 is 0 Å². The molecule has 1 amide bonds. The maximum absolute atomic E-state index is 12.2. The summed E-state index contributed by atoms with van der Waals surface area (Å²) in [6, 6.07) is 0. The number of nitrogens with zero attached hydrogens (tertiary/aromatic N) is 4. The summed E-state index contributed by atoms with van der Waals surface area (Å²) < 4.78 is 0. The number of nitrogens with one attached hydrogen (secondary N) is 1. The van der Waals surface area contributed by atoms with Crippen LogP contribution in [0.1, 0.15) is 32.1 Å². The van der Waals surface area contributed by atoms with Gasteiger partial charge in [-0.25, -0.2) is 0 Å². The van der Waals surface area contributed by atoms with Crippen molar-refractivity contribution in [2.75, 3.05) is 59.4 Å². The zero-order chi connectivity index (χ0) is 16.1. The minimum Gasteiger partial charge on any atom is -0.356 e. The molecular weight excluding hydrogens is 417 g/mol. The van der Waals surface area contributed by atoms with Gasteiger partial charge in [0.25, 0.3) is 0 Å². The first-order valence-electron chi connectivity index (χ1n) is 9.22. The molecule has 0 aromatic heterocycles. The summed E-state index contributed by atoms with van der Waals surface area (Å²) in [7, 11) is 1.86. The van der Waals surface area contributed by atoms with Crippen LogP contribution >= 0.6 is 24.0 Å². The molecule has 3 fully saturated rings. The van der Waals surface area contributed by atoms with Gasteiger partial charge in [-0.3, -0.25) is 14.7 Å². The number of piperazine rings is 1. The molecule has 0 unspecified atom stereocenters. The molecule has 7 heteroatoms. The molecule has 2 heterocycles. The fourth-order valence-corrected chi connectivity index (χ4v) is 3.50. The Kier molecular flexibility index (Phi) is 8.06. The first kappa shape index (κ1) is 19.8. The van der Waals surface area contributed by atoms with E-state index in [0.29, 0.717) is 12.5 Å². The van der Waals surface area contributed by atoms with Crippen molar-refractivity contribution < 1.29 is 4.79 Å². The Morgan fingerprint density at radius 3 is 2.29 bits per heavy atom. The number of aliphatic imine (C=N–C) groups is 1. The molecule has 3 rings (SSSR count). The maximum atomic E-state index is 12.2. The fourth-order valence-electron chi connectivity index (χ4n) is 3.50. The molecule has 138 valence electrons. The van der Waals surface area contributed by atoms with Crippen molar-refractivity contribution in [2.45, 2.75) is 32.1 Å². The van der Waals surface area contributed by atoms with Crippen LogP contribution in [0.4, 0.5) is 0 Å². The van der Waals surface area contributed by atoms with E-state index in [-0.39, 0.29) is 24.0 Å². The van der Waals surface area contributed by atoms with Gasteiger partial charge < -0.3 is 15.1 Å². The van der Waals surface area contributed by atoms with E-state index in [9.17, 15) is 4.79 Å². The second-order valence-electron chi connectivity index (χ2n) is 7.06. The standard InChI is InChI=1S/C17H31N5O.HI/c1-18-17(19-7-6-15-4-5-15)22-12-10-20(11-13-22)14-16(23)21-8-2-3-9-21;/h15H,2-14H2,1H3,(H,18,19);1H. The highest BCUT2D eigenvalue weighted by molar-refractivity contribution is 14.0. The minimum absolute atomic E-state index is 0. The molecular formula is C17H32IN5O. The highest BCUT2D eigenvalue weighted by atomic mass is 127. The van der Waals surface area contributed by atoms with Gasteiger partial charge in [0, 0.05) is 52.9 Å². The molecule has 24 heavy (non-hydrogen) atoms. The van der Waals surface area contributed by atoms with Gasteiger partial charge >= 0.3 is 0 Å². The summed E-state index contributed by atoms with van der Waals surface area (Å²) in [4.78, 5) is 23.3. The molecule has 0 aromatic carbocycles. The Morgan fingerprint density at radius 2 is 1.71 bits per heavy atom. The Balaban J connectivity index is 0.00000208. The zero-order valence-corrected chi connectivity index (χ0v) is 17.2. The number of amides is 1. The molecule has 0 aromatic rings. The molecule has 1 aliphatic carbocycles. The van der Waals surface area contributed by atoms with Crippen molar-refractivity contribution in [1.29, 1.82) is 0 Å². The Bertz CT molecular complexity index is 427. The number of guanidine groups is 1. The summed E-state index contributed by atoms with van der Waals surface area (Å²) in [6.45, 7) is 7.33. The van der Waals surface area contributed by atoms with E-state index in [1.54, 1.807) is 0 Å². The van der Waals surface area contributed by atoms with Gasteiger partial charge in [-0.15, -0.1) is 24.0 Å². The first-order chi connectivity index (χ1) is 11.3. The normalized spacial score (nSPS) is 22.5. The number of rotatable bonds is 5. The molecule has 3 aliphatic rings. The molecule has 0 atom stereocenters. The van der Waals surface area contributed by atoms with Crippen molar-refractivity contribution in [2.24, 2.45) is 10.9 Å². The van der Waals surface area contributed by atoms with Crippen LogP contribution < -0.4 is 5.32 Å². The number of halogens is 1. The Labute approximate surface area is 163 Å². The molecule has 0 bridgehead atoms. The maximum Gasteiger partial charge on any atom is 0.236 e. The third kappa shape index (κ3) is 5.75. The van der Waals surface area contributed by atoms with Gasteiger partial charge in [-0.1, -0.05) is 12.8 Å². The average molecular weight is 449 g/mol. The minimum atomic E-state index is 0. The van der Waals surface area contributed by atoms with Gasteiger partial charge in [0.05, 0.1) is 6.54 Å². The SMILES string of the molecule is CN=C(NCCC1CC1)N1CCN(CC(=O)N2CCCC2)CC1.I. The largest absolute Gasteiger partial charge is 0.356 e. The van der Waals surface area contributed by atoms with E-state index < -0.39 is 0 Å². The van der Waals surface area contributed by atoms with Crippen molar-refractivity contribution in [3.63, 3.8) is 0 Å². The number of likely N-dealkylation sites (tertiary alicyclic amines) is 1. The lowest BCUT2D eigenvalue weighted by atomic mass is 10.3. The van der Waals surface area contributed by atoms with Crippen LogP contribution in [0.3, 0.4) is 0 Å². The molecule has 2 aliphatic heterocycles.